The summed E-state index contributed by atoms with van der Waals surface area (Å²) in [5.74, 6) is 5.08. The van der Waals surface area contributed by atoms with Crippen LogP contribution in [0.15, 0.2) is 60.3 Å². The first-order valence-electron chi connectivity index (χ1n) is 12.9. The van der Waals surface area contributed by atoms with E-state index >= 15 is 0 Å². The maximum atomic E-state index is 12.5. The second-order valence-electron chi connectivity index (χ2n) is 10.1. The minimum atomic E-state index is -1.04. The molecule has 0 aromatic rings. The molecule has 0 amide bonds. The molecule has 0 aliphatic carbocycles. The third kappa shape index (κ3) is 9.91. The number of rotatable bonds is 3. The second-order valence-corrected chi connectivity index (χ2v) is 10.1. The van der Waals surface area contributed by atoms with Crippen LogP contribution < -0.4 is 0 Å². The smallest absolute Gasteiger partial charge is 0.384 e. The van der Waals surface area contributed by atoms with Gasteiger partial charge < -0.3 is 24.4 Å². The highest BCUT2D eigenvalue weighted by molar-refractivity contribution is 5.88. The van der Waals surface area contributed by atoms with Gasteiger partial charge in [-0.1, -0.05) is 73.1 Å². The molecular formula is C30H40O6. The van der Waals surface area contributed by atoms with Crippen molar-refractivity contribution >= 4 is 5.97 Å². The van der Waals surface area contributed by atoms with Crippen LogP contribution in [0.3, 0.4) is 0 Å². The van der Waals surface area contributed by atoms with E-state index in [0.717, 1.165) is 31.3 Å². The Morgan fingerprint density at radius 1 is 1.19 bits per heavy atom. The van der Waals surface area contributed by atoms with Crippen molar-refractivity contribution in [1.29, 1.82) is 0 Å². The SMILES string of the molecule is C=C1C[C@H](C)C[C@@H]2CC=C[C@@H](CC#CC(=O)O[C@H]([C@@H](O)/C=C/[C@@H]3CC(C)=CCO3)C/C=C/[C@@H](O)C1)O2. The zero-order valence-corrected chi connectivity index (χ0v) is 21.5. The number of carbonyl (C=O) groups is 1. The average molecular weight is 497 g/mol. The van der Waals surface area contributed by atoms with Crippen LogP contribution in [0, 0.1) is 17.8 Å². The highest BCUT2D eigenvalue weighted by Crippen LogP contribution is 2.25. The third-order valence-corrected chi connectivity index (χ3v) is 6.57. The molecule has 7 atom stereocenters. The van der Waals surface area contributed by atoms with Crippen molar-refractivity contribution < 1.29 is 29.2 Å². The van der Waals surface area contributed by atoms with Gasteiger partial charge in [-0.3, -0.25) is 0 Å². The summed E-state index contributed by atoms with van der Waals surface area (Å²) in [5.41, 5.74) is 2.22. The number of aliphatic hydroxyl groups excluding tert-OH is 2. The maximum absolute atomic E-state index is 12.5. The number of aliphatic hydroxyl groups is 2. The Morgan fingerprint density at radius 3 is 2.81 bits per heavy atom. The van der Waals surface area contributed by atoms with Crippen molar-refractivity contribution in [1.82, 2.24) is 0 Å². The summed E-state index contributed by atoms with van der Waals surface area (Å²) < 4.78 is 17.3. The highest BCUT2D eigenvalue weighted by Gasteiger charge is 2.23. The maximum Gasteiger partial charge on any atom is 0.384 e. The van der Waals surface area contributed by atoms with E-state index in [1.165, 1.54) is 5.57 Å². The number of esters is 1. The Labute approximate surface area is 215 Å². The molecule has 0 fully saturated rings. The van der Waals surface area contributed by atoms with E-state index in [-0.39, 0.29) is 24.7 Å². The molecule has 0 saturated carbocycles. The van der Waals surface area contributed by atoms with Crippen LogP contribution in [0.5, 0.6) is 0 Å². The fourth-order valence-corrected chi connectivity index (χ4v) is 4.75. The molecular weight excluding hydrogens is 456 g/mol. The lowest BCUT2D eigenvalue weighted by molar-refractivity contribution is -0.145. The zero-order chi connectivity index (χ0) is 25.9. The number of cyclic esters (lactones) is 1. The first-order chi connectivity index (χ1) is 17.3. The number of fused-ring (bicyclic) bond motifs is 2. The summed E-state index contributed by atoms with van der Waals surface area (Å²) >= 11 is 0. The van der Waals surface area contributed by atoms with E-state index in [2.05, 4.69) is 31.4 Å². The summed E-state index contributed by atoms with van der Waals surface area (Å²) in [6.07, 6.45) is 14.6. The molecule has 0 saturated heterocycles. The summed E-state index contributed by atoms with van der Waals surface area (Å²) in [7, 11) is 0. The molecule has 3 aliphatic heterocycles. The molecule has 196 valence electrons. The molecule has 0 aromatic carbocycles. The number of hydrogen-bond donors (Lipinski definition) is 2. The van der Waals surface area contributed by atoms with E-state index in [1.54, 1.807) is 24.3 Å². The van der Waals surface area contributed by atoms with Crippen molar-refractivity contribution in [2.24, 2.45) is 5.92 Å². The van der Waals surface area contributed by atoms with E-state index in [9.17, 15) is 15.0 Å². The van der Waals surface area contributed by atoms with Crippen molar-refractivity contribution in [3.05, 3.63) is 60.3 Å². The van der Waals surface area contributed by atoms with Crippen molar-refractivity contribution in [2.75, 3.05) is 6.61 Å². The largest absolute Gasteiger partial charge is 0.449 e. The van der Waals surface area contributed by atoms with Gasteiger partial charge in [-0.2, -0.15) is 0 Å². The van der Waals surface area contributed by atoms with Gasteiger partial charge in [-0.25, -0.2) is 4.79 Å². The molecule has 36 heavy (non-hydrogen) atoms. The topological polar surface area (TPSA) is 85.2 Å². The van der Waals surface area contributed by atoms with Gasteiger partial charge in [0.1, 0.15) is 12.2 Å². The fraction of sp³-hybridized carbons (Fsp3) is 0.567. The predicted octanol–water partition coefficient (Wildman–Crippen LogP) is 4.34. The molecule has 3 aliphatic rings. The summed E-state index contributed by atoms with van der Waals surface area (Å²) in [6, 6.07) is 0. The minimum absolute atomic E-state index is 0.0963. The Hall–Kier alpha value is -2.43. The first kappa shape index (κ1) is 28.1. The number of carbonyl (C=O) groups excluding carboxylic acids is 1. The Kier molecular flexibility index (Phi) is 11.2. The van der Waals surface area contributed by atoms with Gasteiger partial charge in [-0.15, -0.1) is 0 Å². The monoisotopic (exact) mass is 496 g/mol. The molecule has 2 bridgehead atoms. The molecule has 0 unspecified atom stereocenters. The van der Waals surface area contributed by atoms with Gasteiger partial charge in [0, 0.05) is 18.8 Å². The van der Waals surface area contributed by atoms with Crippen LogP contribution in [0.4, 0.5) is 0 Å². The van der Waals surface area contributed by atoms with E-state index in [1.807, 2.05) is 19.1 Å². The fourth-order valence-electron chi connectivity index (χ4n) is 4.75. The zero-order valence-electron chi connectivity index (χ0n) is 21.5. The van der Waals surface area contributed by atoms with Gasteiger partial charge in [0.25, 0.3) is 0 Å². The molecule has 0 aromatic heterocycles. The van der Waals surface area contributed by atoms with Crippen LogP contribution in [0.1, 0.15) is 58.8 Å². The van der Waals surface area contributed by atoms with Crippen molar-refractivity contribution in [3.63, 3.8) is 0 Å². The Bertz CT molecular complexity index is 933. The van der Waals surface area contributed by atoms with Gasteiger partial charge in [0.2, 0.25) is 0 Å². The third-order valence-electron chi connectivity index (χ3n) is 6.57. The van der Waals surface area contributed by atoms with Crippen LogP contribution in [0.25, 0.3) is 0 Å². The van der Waals surface area contributed by atoms with Gasteiger partial charge in [-0.05, 0) is 44.9 Å². The normalized spacial score (nSPS) is 34.5. The molecule has 0 radical (unpaired) electrons. The van der Waals surface area contributed by atoms with E-state index in [0.29, 0.717) is 25.4 Å². The molecule has 3 rings (SSSR count). The lowest BCUT2D eigenvalue weighted by atomic mass is 9.91. The van der Waals surface area contributed by atoms with Gasteiger partial charge in [0.15, 0.2) is 0 Å². The summed E-state index contributed by atoms with van der Waals surface area (Å²) in [4.78, 5) is 12.5. The van der Waals surface area contributed by atoms with Crippen molar-refractivity contribution in [3.8, 4) is 11.8 Å². The van der Waals surface area contributed by atoms with Gasteiger partial charge in [0.05, 0.1) is 31.0 Å². The predicted molar refractivity (Wildman–Crippen MR) is 140 cm³/mol. The lowest BCUT2D eigenvalue weighted by Crippen LogP contribution is -2.30. The van der Waals surface area contributed by atoms with Crippen LogP contribution in [-0.4, -0.2) is 59.4 Å². The van der Waals surface area contributed by atoms with Crippen molar-refractivity contribution in [2.45, 2.75) is 95.4 Å². The number of hydrogen-bond acceptors (Lipinski definition) is 6. The molecule has 0 spiro atoms. The molecule has 6 nitrogen and oxygen atoms in total. The quantitative estimate of drug-likeness (QED) is 0.262. The first-order valence-corrected chi connectivity index (χ1v) is 12.9. The highest BCUT2D eigenvalue weighted by atomic mass is 16.6. The number of ether oxygens (including phenoxy) is 3. The second kappa shape index (κ2) is 14.3. The van der Waals surface area contributed by atoms with Crippen LogP contribution in [-0.2, 0) is 19.0 Å². The van der Waals surface area contributed by atoms with Crippen LogP contribution >= 0.6 is 0 Å². The average Bonchev–Trinajstić information content (AvgIpc) is 2.81. The Balaban J connectivity index is 1.71. The van der Waals surface area contributed by atoms with Crippen LogP contribution in [0.2, 0.25) is 0 Å². The lowest BCUT2D eigenvalue weighted by Gasteiger charge is -2.27. The Morgan fingerprint density at radius 2 is 2.00 bits per heavy atom. The molecule has 2 N–H and O–H groups in total. The standard InChI is InChI=1S/C30H40O6/c1-21-15-16-34-26(19-21)13-14-28(32)29-11-4-7-24(31)18-22(2)17-23(3)20-27-10-5-8-25(35-27)9-6-12-30(33)36-29/h4-5,7-8,13-15,23-29,31-32H,2,9-11,16-20H2,1,3H3/b7-4+,14-13+/t23-,24+,25-,26+,27-,28-,29-/m0/s1. The summed E-state index contributed by atoms with van der Waals surface area (Å²) in [6.45, 7) is 8.91. The molecule has 3 heterocycles. The van der Waals surface area contributed by atoms with Gasteiger partial charge >= 0.3 is 5.97 Å². The van der Waals surface area contributed by atoms with E-state index in [4.69, 9.17) is 14.2 Å². The minimum Gasteiger partial charge on any atom is -0.449 e. The van der Waals surface area contributed by atoms with E-state index < -0.39 is 24.3 Å². The molecule has 6 heteroatoms. The summed E-state index contributed by atoms with van der Waals surface area (Å²) in [5, 5.41) is 21.2.